The zero-order chi connectivity index (χ0) is 17.3. The Hall–Kier alpha value is -1.11. The van der Waals surface area contributed by atoms with Gasteiger partial charge in [0.2, 0.25) is 0 Å². The molecule has 1 aromatic carbocycles. The van der Waals surface area contributed by atoms with E-state index in [4.69, 9.17) is 9.47 Å². The van der Waals surface area contributed by atoms with E-state index >= 15 is 0 Å². The fourth-order valence-corrected chi connectivity index (χ4v) is 5.52. The first kappa shape index (κ1) is 17.3. The highest BCUT2D eigenvalue weighted by atomic mass is 32.2. The third-order valence-corrected chi connectivity index (χ3v) is 7.00. The topological polar surface area (TPSA) is 55.6 Å². The molecule has 0 spiro atoms. The number of ether oxygens (including phenoxy) is 2. The molecule has 0 bridgehead atoms. The maximum atomic E-state index is 12.3. The summed E-state index contributed by atoms with van der Waals surface area (Å²) in [5, 5.41) is 0. The molecule has 3 aliphatic rings. The van der Waals surface area contributed by atoms with E-state index in [9.17, 15) is 8.42 Å². The standard InChI is InChI=1S/C19H27NO4S/c21-25(22,14-20-9-10-20)13-17-2-1-11-23-19(17)12-24-18-7-5-16(6-8-18)15-3-4-15/h5-8,15,17,19H,1-4,9-14H2. The second-order valence-electron chi connectivity index (χ2n) is 7.62. The average molecular weight is 365 g/mol. The molecule has 1 aromatic rings. The molecule has 2 unspecified atom stereocenters. The van der Waals surface area contributed by atoms with Crippen LogP contribution in [-0.4, -0.2) is 57.4 Å². The van der Waals surface area contributed by atoms with Crippen LogP contribution in [0.25, 0.3) is 0 Å². The van der Waals surface area contributed by atoms with Crippen molar-refractivity contribution >= 4 is 9.84 Å². The molecular formula is C19H27NO4S. The first-order valence-electron chi connectivity index (χ1n) is 9.36. The van der Waals surface area contributed by atoms with Crippen molar-refractivity contribution in [2.45, 2.75) is 37.7 Å². The zero-order valence-electron chi connectivity index (χ0n) is 14.6. The quantitative estimate of drug-likeness (QED) is 0.662. The van der Waals surface area contributed by atoms with E-state index in [1.807, 2.05) is 17.0 Å². The van der Waals surface area contributed by atoms with Crippen molar-refractivity contribution < 1.29 is 17.9 Å². The molecule has 2 atom stereocenters. The molecule has 2 heterocycles. The molecule has 2 saturated heterocycles. The van der Waals surface area contributed by atoms with Crippen LogP contribution in [-0.2, 0) is 14.6 Å². The molecule has 5 nitrogen and oxygen atoms in total. The highest BCUT2D eigenvalue weighted by Gasteiger charge is 2.33. The van der Waals surface area contributed by atoms with Crippen LogP contribution in [0.15, 0.2) is 24.3 Å². The smallest absolute Gasteiger partial charge is 0.163 e. The normalized spacial score (nSPS) is 27.2. The Morgan fingerprint density at radius 1 is 1.12 bits per heavy atom. The van der Waals surface area contributed by atoms with E-state index in [2.05, 4.69) is 12.1 Å². The van der Waals surface area contributed by atoms with E-state index in [1.54, 1.807) is 0 Å². The predicted octanol–water partition coefficient (Wildman–Crippen LogP) is 2.43. The summed E-state index contributed by atoms with van der Waals surface area (Å²) in [5.74, 6) is 2.01. The molecule has 25 heavy (non-hydrogen) atoms. The Morgan fingerprint density at radius 2 is 1.88 bits per heavy atom. The monoisotopic (exact) mass is 365 g/mol. The molecule has 6 heteroatoms. The summed E-state index contributed by atoms with van der Waals surface area (Å²) in [6.07, 6.45) is 4.28. The molecule has 0 N–H and O–H groups in total. The lowest BCUT2D eigenvalue weighted by Gasteiger charge is -2.31. The summed E-state index contributed by atoms with van der Waals surface area (Å²) in [7, 11) is -3.05. The van der Waals surface area contributed by atoms with Gasteiger partial charge in [-0.25, -0.2) is 8.42 Å². The SMILES string of the molecule is O=S(=O)(CC1CCCOC1COc1ccc(C2CC2)cc1)CN1CC1. The number of hydrogen-bond acceptors (Lipinski definition) is 5. The minimum Gasteiger partial charge on any atom is -0.491 e. The van der Waals surface area contributed by atoms with Crippen molar-refractivity contribution in [2.24, 2.45) is 5.92 Å². The van der Waals surface area contributed by atoms with Gasteiger partial charge in [0, 0.05) is 25.6 Å². The summed E-state index contributed by atoms with van der Waals surface area (Å²) in [6.45, 7) is 2.93. The Labute approximate surface area is 150 Å². The lowest BCUT2D eigenvalue weighted by Crippen LogP contribution is -2.39. The van der Waals surface area contributed by atoms with E-state index in [0.717, 1.165) is 37.6 Å². The second kappa shape index (κ2) is 7.25. The number of nitrogens with zero attached hydrogens (tertiary/aromatic N) is 1. The van der Waals surface area contributed by atoms with Gasteiger partial charge in [0.05, 0.1) is 11.9 Å². The minimum atomic E-state index is -3.05. The molecule has 1 saturated carbocycles. The molecule has 0 radical (unpaired) electrons. The molecule has 0 amide bonds. The second-order valence-corrected chi connectivity index (χ2v) is 9.70. The fraction of sp³-hybridized carbons (Fsp3) is 0.684. The third kappa shape index (κ3) is 4.96. The zero-order valence-corrected chi connectivity index (χ0v) is 15.4. The van der Waals surface area contributed by atoms with Gasteiger partial charge in [0.25, 0.3) is 0 Å². The largest absolute Gasteiger partial charge is 0.491 e. The summed E-state index contributed by atoms with van der Waals surface area (Å²) in [5.41, 5.74) is 1.39. The van der Waals surface area contributed by atoms with Crippen molar-refractivity contribution in [3.63, 3.8) is 0 Å². The van der Waals surface area contributed by atoms with Crippen LogP contribution >= 0.6 is 0 Å². The highest BCUT2D eigenvalue weighted by Crippen LogP contribution is 2.40. The first-order chi connectivity index (χ1) is 12.1. The average Bonchev–Trinajstić information content (AvgIpc) is 3.48. The maximum Gasteiger partial charge on any atom is 0.163 e. The lowest BCUT2D eigenvalue weighted by molar-refractivity contribution is -0.0428. The van der Waals surface area contributed by atoms with Crippen LogP contribution in [0.2, 0.25) is 0 Å². The minimum absolute atomic E-state index is 0.0319. The van der Waals surface area contributed by atoms with Gasteiger partial charge in [-0.3, -0.25) is 4.90 Å². The molecule has 0 aromatic heterocycles. The summed E-state index contributed by atoms with van der Waals surface area (Å²) in [6, 6.07) is 8.31. The van der Waals surface area contributed by atoms with Gasteiger partial charge in [0.15, 0.2) is 9.84 Å². The number of rotatable bonds is 8. The van der Waals surface area contributed by atoms with Gasteiger partial charge in [-0.05, 0) is 49.3 Å². The van der Waals surface area contributed by atoms with E-state index in [1.165, 1.54) is 18.4 Å². The highest BCUT2D eigenvalue weighted by molar-refractivity contribution is 7.91. The number of benzene rings is 1. The van der Waals surface area contributed by atoms with E-state index in [-0.39, 0.29) is 23.7 Å². The van der Waals surface area contributed by atoms with E-state index in [0.29, 0.717) is 13.2 Å². The molecule has 2 aliphatic heterocycles. The van der Waals surface area contributed by atoms with Crippen molar-refractivity contribution in [2.75, 3.05) is 37.9 Å². The molecule has 3 fully saturated rings. The lowest BCUT2D eigenvalue weighted by atomic mass is 9.97. The number of sulfone groups is 1. The van der Waals surface area contributed by atoms with Crippen LogP contribution < -0.4 is 4.74 Å². The van der Waals surface area contributed by atoms with Crippen molar-refractivity contribution in [3.05, 3.63) is 29.8 Å². The first-order valence-corrected chi connectivity index (χ1v) is 11.2. The Kier molecular flexibility index (Phi) is 5.02. The molecule has 1 aliphatic carbocycles. The summed E-state index contributed by atoms with van der Waals surface area (Å²) < 4.78 is 36.4. The van der Waals surface area contributed by atoms with Gasteiger partial charge >= 0.3 is 0 Å². The molecule has 4 rings (SSSR count). The van der Waals surface area contributed by atoms with Crippen LogP contribution in [0.5, 0.6) is 5.75 Å². The van der Waals surface area contributed by atoms with Crippen LogP contribution in [0.4, 0.5) is 0 Å². The van der Waals surface area contributed by atoms with Gasteiger partial charge in [-0.15, -0.1) is 0 Å². The van der Waals surface area contributed by atoms with Crippen LogP contribution in [0, 0.1) is 5.92 Å². The van der Waals surface area contributed by atoms with Crippen molar-refractivity contribution in [1.82, 2.24) is 4.90 Å². The summed E-state index contributed by atoms with van der Waals surface area (Å²) >= 11 is 0. The van der Waals surface area contributed by atoms with Gasteiger partial charge in [-0.2, -0.15) is 0 Å². The fourth-order valence-electron chi connectivity index (χ4n) is 3.57. The van der Waals surface area contributed by atoms with E-state index < -0.39 is 9.84 Å². The third-order valence-electron chi connectivity index (χ3n) is 5.31. The number of hydrogen-bond donors (Lipinski definition) is 0. The Balaban J connectivity index is 1.32. The predicted molar refractivity (Wildman–Crippen MR) is 96.6 cm³/mol. The molecular weight excluding hydrogens is 338 g/mol. The Morgan fingerprint density at radius 3 is 2.56 bits per heavy atom. The van der Waals surface area contributed by atoms with Crippen molar-refractivity contribution in [3.8, 4) is 5.75 Å². The van der Waals surface area contributed by atoms with Crippen LogP contribution in [0.3, 0.4) is 0 Å². The summed E-state index contributed by atoms with van der Waals surface area (Å²) in [4.78, 5) is 1.95. The maximum absolute atomic E-state index is 12.3. The van der Waals surface area contributed by atoms with Gasteiger partial charge in [0.1, 0.15) is 18.2 Å². The van der Waals surface area contributed by atoms with Gasteiger partial charge < -0.3 is 9.47 Å². The van der Waals surface area contributed by atoms with Crippen molar-refractivity contribution in [1.29, 1.82) is 0 Å². The van der Waals surface area contributed by atoms with Gasteiger partial charge in [-0.1, -0.05) is 12.1 Å². The van der Waals surface area contributed by atoms with Crippen LogP contribution in [0.1, 0.15) is 37.2 Å². The Bertz CT molecular complexity index is 680. The molecule has 138 valence electrons.